The highest BCUT2D eigenvalue weighted by Crippen LogP contribution is 2.31. The van der Waals surface area contributed by atoms with Crippen LogP contribution in [0.1, 0.15) is 29.7 Å². The van der Waals surface area contributed by atoms with E-state index < -0.39 is 23.3 Å². The van der Waals surface area contributed by atoms with Gasteiger partial charge in [0.25, 0.3) is 5.56 Å². The summed E-state index contributed by atoms with van der Waals surface area (Å²) < 4.78 is 1.08. The summed E-state index contributed by atoms with van der Waals surface area (Å²) in [6.07, 6.45) is 1.54. The van der Waals surface area contributed by atoms with E-state index in [1.54, 1.807) is 6.92 Å². The number of aryl methyl sites for hydroxylation is 2. The van der Waals surface area contributed by atoms with Gasteiger partial charge in [-0.3, -0.25) is 14.3 Å². The molecule has 0 saturated carbocycles. The average Bonchev–Trinajstić information content (AvgIpc) is 2.49. The molecule has 25 heavy (non-hydrogen) atoms. The largest absolute Gasteiger partial charge is 0.479 e. The lowest BCUT2D eigenvalue weighted by atomic mass is 10.2. The summed E-state index contributed by atoms with van der Waals surface area (Å²) in [7, 11) is 0. The Balaban J connectivity index is 2.76. The first-order valence-corrected chi connectivity index (χ1v) is 8.59. The molecule has 0 radical (unpaired) electrons. The van der Waals surface area contributed by atoms with Crippen LogP contribution < -0.4 is 11.2 Å². The van der Waals surface area contributed by atoms with Crippen molar-refractivity contribution < 1.29 is 9.90 Å². The number of carbonyl (C=O) groups is 1. The zero-order chi connectivity index (χ0) is 18.7. The van der Waals surface area contributed by atoms with Crippen LogP contribution in [0.4, 0.5) is 0 Å². The van der Waals surface area contributed by atoms with Gasteiger partial charge in [0, 0.05) is 10.5 Å². The number of aromatic nitrogens is 2. The predicted octanol–water partition coefficient (Wildman–Crippen LogP) is 2.68. The van der Waals surface area contributed by atoms with Crippen molar-refractivity contribution in [3.8, 4) is 0 Å². The highest BCUT2D eigenvalue weighted by atomic mass is 32.2. The van der Waals surface area contributed by atoms with Crippen LogP contribution in [0.15, 0.2) is 50.4 Å². The van der Waals surface area contributed by atoms with Gasteiger partial charge in [0.05, 0.1) is 5.03 Å². The van der Waals surface area contributed by atoms with Crippen LogP contribution >= 0.6 is 11.8 Å². The Morgan fingerprint density at radius 3 is 2.40 bits per heavy atom. The molecule has 2 aromatic rings. The third-order valence-corrected chi connectivity index (χ3v) is 4.82. The molecule has 1 heterocycles. The number of aliphatic carboxylic acids is 1. The molecule has 0 spiro atoms. The van der Waals surface area contributed by atoms with Gasteiger partial charge in [0.1, 0.15) is 0 Å². The molecule has 7 heteroatoms. The standard InChI is InChI=1S/C18H20N2O4S/c1-5-13-15(21)19-18(24)20(14(6-2)17(22)23)16(13)25-12-8-10(3)7-11(4)9-12/h6-9,14H,2,5H2,1,3-4H3,(H,22,23)(H,19,21,24). The number of nitrogens with one attached hydrogen (secondary N) is 1. The lowest BCUT2D eigenvalue weighted by Crippen LogP contribution is -2.37. The molecule has 0 aliphatic rings. The van der Waals surface area contributed by atoms with Crippen molar-refractivity contribution in [2.24, 2.45) is 0 Å². The van der Waals surface area contributed by atoms with Crippen LogP contribution in [-0.2, 0) is 11.2 Å². The van der Waals surface area contributed by atoms with Crippen LogP contribution in [0.5, 0.6) is 0 Å². The number of carboxylic acids is 1. The number of hydrogen-bond donors (Lipinski definition) is 2. The zero-order valence-electron chi connectivity index (χ0n) is 14.3. The highest BCUT2D eigenvalue weighted by Gasteiger charge is 2.24. The molecule has 2 N–H and O–H groups in total. The van der Waals surface area contributed by atoms with Crippen LogP contribution in [0.25, 0.3) is 0 Å². The normalized spacial score (nSPS) is 12.0. The van der Waals surface area contributed by atoms with E-state index >= 15 is 0 Å². The first-order valence-electron chi connectivity index (χ1n) is 7.77. The molecule has 132 valence electrons. The molecule has 6 nitrogen and oxygen atoms in total. The summed E-state index contributed by atoms with van der Waals surface area (Å²) in [5.41, 5.74) is 1.19. The Labute approximate surface area is 149 Å². The summed E-state index contributed by atoms with van der Waals surface area (Å²) in [6, 6.07) is 4.61. The van der Waals surface area contributed by atoms with Crippen molar-refractivity contribution in [1.29, 1.82) is 0 Å². The van der Waals surface area contributed by atoms with Gasteiger partial charge in [0.2, 0.25) is 0 Å². The Hall–Kier alpha value is -2.54. The molecular weight excluding hydrogens is 340 g/mol. The van der Waals surface area contributed by atoms with Crippen molar-refractivity contribution in [3.05, 3.63) is 68.4 Å². The maximum absolute atomic E-state index is 12.3. The quantitative estimate of drug-likeness (QED) is 0.610. The number of carboxylic acid groups (broad SMARTS) is 1. The molecule has 2 rings (SSSR count). The van der Waals surface area contributed by atoms with Crippen molar-refractivity contribution in [2.45, 2.75) is 43.2 Å². The maximum Gasteiger partial charge on any atom is 0.330 e. The number of rotatable bonds is 6. The second-order valence-electron chi connectivity index (χ2n) is 5.71. The van der Waals surface area contributed by atoms with E-state index in [4.69, 9.17) is 0 Å². The minimum Gasteiger partial charge on any atom is -0.479 e. The van der Waals surface area contributed by atoms with E-state index in [0.717, 1.165) is 20.6 Å². The molecule has 1 aromatic heterocycles. The summed E-state index contributed by atoms with van der Waals surface area (Å²) in [4.78, 5) is 39.1. The van der Waals surface area contributed by atoms with Gasteiger partial charge in [0.15, 0.2) is 6.04 Å². The van der Waals surface area contributed by atoms with E-state index in [1.165, 1.54) is 17.8 Å². The number of aromatic amines is 1. The average molecular weight is 360 g/mol. The molecule has 1 atom stereocenters. The summed E-state index contributed by atoms with van der Waals surface area (Å²) in [5.74, 6) is -1.21. The van der Waals surface area contributed by atoms with Crippen molar-refractivity contribution in [3.63, 3.8) is 0 Å². The van der Waals surface area contributed by atoms with Gasteiger partial charge in [-0.15, -0.1) is 6.58 Å². The van der Waals surface area contributed by atoms with E-state index in [2.05, 4.69) is 11.6 Å². The molecule has 0 aliphatic heterocycles. The predicted molar refractivity (Wildman–Crippen MR) is 97.6 cm³/mol. The Morgan fingerprint density at radius 2 is 1.92 bits per heavy atom. The molecular formula is C18H20N2O4S. The van der Waals surface area contributed by atoms with Gasteiger partial charge < -0.3 is 5.11 Å². The number of nitrogens with zero attached hydrogens (tertiary/aromatic N) is 1. The molecule has 0 saturated heterocycles. The monoisotopic (exact) mass is 360 g/mol. The fourth-order valence-corrected chi connectivity index (χ4v) is 4.03. The van der Waals surface area contributed by atoms with Gasteiger partial charge >= 0.3 is 11.7 Å². The minimum absolute atomic E-state index is 0.327. The van der Waals surface area contributed by atoms with E-state index in [0.29, 0.717) is 17.0 Å². The van der Waals surface area contributed by atoms with Crippen molar-refractivity contribution >= 4 is 17.7 Å². The SMILES string of the molecule is C=CC(C(=O)O)n1c(Sc2cc(C)cc(C)c2)c(CC)c(=O)[nH]c1=O. The lowest BCUT2D eigenvalue weighted by molar-refractivity contribution is -0.139. The third-order valence-electron chi connectivity index (χ3n) is 3.71. The van der Waals surface area contributed by atoms with E-state index in [9.17, 15) is 19.5 Å². The summed E-state index contributed by atoms with van der Waals surface area (Å²) >= 11 is 1.22. The lowest BCUT2D eigenvalue weighted by Gasteiger charge is -2.19. The second-order valence-corrected chi connectivity index (χ2v) is 6.77. The topological polar surface area (TPSA) is 92.2 Å². The highest BCUT2D eigenvalue weighted by molar-refractivity contribution is 7.99. The van der Waals surface area contributed by atoms with E-state index in [1.807, 2.05) is 32.0 Å². The first-order chi connectivity index (χ1) is 11.8. The summed E-state index contributed by atoms with van der Waals surface area (Å²) in [6.45, 7) is 9.20. The molecule has 0 aliphatic carbocycles. The van der Waals surface area contributed by atoms with Crippen LogP contribution in [0.2, 0.25) is 0 Å². The third kappa shape index (κ3) is 3.93. The fourth-order valence-electron chi connectivity index (χ4n) is 2.66. The Morgan fingerprint density at radius 1 is 1.32 bits per heavy atom. The molecule has 0 bridgehead atoms. The fraction of sp³-hybridized carbons (Fsp3) is 0.278. The molecule has 1 unspecified atom stereocenters. The molecule has 0 fully saturated rings. The minimum atomic E-state index is -1.26. The van der Waals surface area contributed by atoms with Crippen molar-refractivity contribution in [1.82, 2.24) is 9.55 Å². The van der Waals surface area contributed by atoms with Crippen LogP contribution in [-0.4, -0.2) is 20.6 Å². The van der Waals surface area contributed by atoms with E-state index in [-0.39, 0.29) is 0 Å². The number of benzene rings is 1. The van der Waals surface area contributed by atoms with Gasteiger partial charge in [-0.2, -0.15) is 0 Å². The van der Waals surface area contributed by atoms with Gasteiger partial charge in [-0.05, 0) is 43.5 Å². The number of H-pyrrole nitrogens is 1. The Kier molecular flexibility index (Phi) is 5.69. The molecule has 0 amide bonds. The Bertz CT molecular complexity index is 923. The smallest absolute Gasteiger partial charge is 0.330 e. The van der Waals surface area contributed by atoms with Gasteiger partial charge in [-0.1, -0.05) is 30.8 Å². The maximum atomic E-state index is 12.3. The van der Waals surface area contributed by atoms with Crippen molar-refractivity contribution in [2.75, 3.05) is 0 Å². The second kappa shape index (κ2) is 7.57. The molecule has 1 aromatic carbocycles. The number of hydrogen-bond acceptors (Lipinski definition) is 4. The first kappa shape index (κ1) is 18.8. The summed E-state index contributed by atoms with van der Waals surface area (Å²) in [5, 5.41) is 9.76. The van der Waals surface area contributed by atoms with Gasteiger partial charge in [-0.25, -0.2) is 9.59 Å². The zero-order valence-corrected chi connectivity index (χ0v) is 15.1. The van der Waals surface area contributed by atoms with Crippen LogP contribution in [0.3, 0.4) is 0 Å². The van der Waals surface area contributed by atoms with Crippen LogP contribution in [0, 0.1) is 13.8 Å².